The van der Waals surface area contributed by atoms with E-state index in [0.29, 0.717) is 11.8 Å². The number of nitrogens with zero attached hydrogens (tertiary/aromatic N) is 1. The number of ether oxygens (including phenoxy) is 1. The quantitative estimate of drug-likeness (QED) is 0.866. The summed E-state index contributed by atoms with van der Waals surface area (Å²) in [5, 5.41) is 2.86. The van der Waals surface area contributed by atoms with Crippen molar-refractivity contribution in [2.45, 2.75) is 33.2 Å². The number of halogens is 2. The van der Waals surface area contributed by atoms with Crippen LogP contribution in [0.25, 0.3) is 0 Å². The molecule has 6 heteroatoms. The highest BCUT2D eigenvalue weighted by Gasteiger charge is 2.23. The molecular formula is C18H26F2N2O2. The average Bonchev–Trinajstić information content (AvgIpc) is 2.44. The Morgan fingerprint density at radius 3 is 2.62 bits per heavy atom. The zero-order valence-electron chi connectivity index (χ0n) is 14.5. The van der Waals surface area contributed by atoms with Crippen LogP contribution in [-0.2, 0) is 4.79 Å². The third-order valence-corrected chi connectivity index (χ3v) is 4.14. The number of amides is 1. The summed E-state index contributed by atoms with van der Waals surface area (Å²) in [7, 11) is 0. The van der Waals surface area contributed by atoms with E-state index in [-0.39, 0.29) is 24.3 Å². The Labute approximate surface area is 142 Å². The zero-order valence-corrected chi connectivity index (χ0v) is 14.5. The topological polar surface area (TPSA) is 41.6 Å². The van der Waals surface area contributed by atoms with Crippen LogP contribution in [0.3, 0.4) is 0 Å². The van der Waals surface area contributed by atoms with Crippen LogP contribution in [0, 0.1) is 23.5 Å². The van der Waals surface area contributed by atoms with Gasteiger partial charge in [-0.1, -0.05) is 13.8 Å². The van der Waals surface area contributed by atoms with Crippen LogP contribution in [0.5, 0.6) is 5.75 Å². The van der Waals surface area contributed by atoms with Crippen LogP contribution in [0.1, 0.15) is 27.2 Å². The summed E-state index contributed by atoms with van der Waals surface area (Å²) < 4.78 is 31.4. The molecule has 1 saturated heterocycles. The Balaban J connectivity index is 1.75. The monoisotopic (exact) mass is 340 g/mol. The van der Waals surface area contributed by atoms with E-state index in [1.165, 1.54) is 12.5 Å². The van der Waals surface area contributed by atoms with Gasteiger partial charge in [0, 0.05) is 31.7 Å². The number of nitrogens with one attached hydrogen (secondary N) is 1. The number of hydrogen-bond acceptors (Lipinski definition) is 3. The molecule has 1 aliphatic heterocycles. The van der Waals surface area contributed by atoms with E-state index in [2.05, 4.69) is 24.1 Å². The van der Waals surface area contributed by atoms with Crippen molar-refractivity contribution in [3.05, 3.63) is 29.8 Å². The van der Waals surface area contributed by atoms with Gasteiger partial charge < -0.3 is 15.0 Å². The number of hydrogen-bond donors (Lipinski definition) is 1. The van der Waals surface area contributed by atoms with Crippen molar-refractivity contribution >= 4 is 5.91 Å². The predicted octanol–water partition coefficient (Wildman–Crippen LogP) is 2.83. The molecule has 0 radical (unpaired) electrons. The van der Waals surface area contributed by atoms with Gasteiger partial charge in [-0.2, -0.15) is 0 Å². The number of rotatable bonds is 6. The molecule has 2 rings (SSSR count). The van der Waals surface area contributed by atoms with Gasteiger partial charge in [-0.05, 0) is 37.3 Å². The molecule has 0 spiro atoms. The number of carbonyl (C=O) groups excluding carboxylic acids is 1. The van der Waals surface area contributed by atoms with Gasteiger partial charge in [-0.25, -0.2) is 8.78 Å². The number of piperidine rings is 1. The molecule has 0 unspecified atom stereocenters. The first-order valence-electron chi connectivity index (χ1n) is 8.43. The summed E-state index contributed by atoms with van der Waals surface area (Å²) in [5.74, 6) is -0.597. The first-order valence-corrected chi connectivity index (χ1v) is 8.43. The Bertz CT molecular complexity index is 558. The Morgan fingerprint density at radius 2 is 2.00 bits per heavy atom. The third-order valence-electron chi connectivity index (χ3n) is 4.14. The molecule has 1 aromatic rings. The minimum Gasteiger partial charge on any atom is -0.481 e. The SMILES string of the molecule is C[C@@H]1C[C@H](C)CN(C[C@H](C)NC(=O)COc2ccc(F)cc2F)C1. The fraction of sp³-hybridized carbons (Fsp3) is 0.611. The molecule has 1 aromatic carbocycles. The summed E-state index contributed by atoms with van der Waals surface area (Å²) in [6, 6.07) is 2.99. The lowest BCUT2D eigenvalue weighted by atomic mass is 9.92. The van der Waals surface area contributed by atoms with E-state index in [0.717, 1.165) is 31.8 Å². The molecule has 1 fully saturated rings. The van der Waals surface area contributed by atoms with Gasteiger partial charge >= 0.3 is 0 Å². The molecule has 134 valence electrons. The highest BCUT2D eigenvalue weighted by molar-refractivity contribution is 5.77. The van der Waals surface area contributed by atoms with E-state index in [1.54, 1.807) is 0 Å². The van der Waals surface area contributed by atoms with E-state index in [9.17, 15) is 13.6 Å². The van der Waals surface area contributed by atoms with Gasteiger partial charge in [0.2, 0.25) is 0 Å². The highest BCUT2D eigenvalue weighted by atomic mass is 19.1. The molecule has 0 saturated carbocycles. The third kappa shape index (κ3) is 5.74. The molecule has 1 amide bonds. The van der Waals surface area contributed by atoms with E-state index < -0.39 is 11.6 Å². The molecule has 1 heterocycles. The lowest BCUT2D eigenvalue weighted by molar-refractivity contribution is -0.123. The number of carbonyl (C=O) groups is 1. The second-order valence-corrected chi connectivity index (χ2v) is 7.00. The van der Waals surface area contributed by atoms with Gasteiger partial charge in [0.05, 0.1) is 0 Å². The largest absolute Gasteiger partial charge is 0.481 e. The molecule has 0 aromatic heterocycles. The fourth-order valence-corrected chi connectivity index (χ4v) is 3.43. The minimum atomic E-state index is -0.813. The standard InChI is InChI=1S/C18H26F2N2O2/c1-12-6-13(2)9-22(8-12)10-14(3)21-18(23)11-24-17-5-4-15(19)7-16(17)20/h4-5,7,12-14H,6,8-11H2,1-3H3,(H,21,23)/t12-,13+,14-/m0/s1. The second-order valence-electron chi connectivity index (χ2n) is 7.00. The van der Waals surface area contributed by atoms with Crippen LogP contribution in [0.15, 0.2) is 18.2 Å². The van der Waals surface area contributed by atoms with Crippen molar-refractivity contribution in [3.8, 4) is 5.75 Å². The summed E-state index contributed by atoms with van der Waals surface area (Å²) in [5.41, 5.74) is 0. The molecule has 24 heavy (non-hydrogen) atoms. The van der Waals surface area contributed by atoms with Gasteiger partial charge in [0.15, 0.2) is 18.2 Å². The summed E-state index contributed by atoms with van der Waals surface area (Å²) in [6.45, 7) is 9.02. The van der Waals surface area contributed by atoms with Gasteiger partial charge in [0.25, 0.3) is 5.91 Å². The predicted molar refractivity (Wildman–Crippen MR) is 88.8 cm³/mol. The smallest absolute Gasteiger partial charge is 0.258 e. The van der Waals surface area contributed by atoms with Crippen molar-refractivity contribution < 1.29 is 18.3 Å². The summed E-state index contributed by atoms with van der Waals surface area (Å²) >= 11 is 0. The normalized spacial score (nSPS) is 22.9. The highest BCUT2D eigenvalue weighted by Crippen LogP contribution is 2.21. The lowest BCUT2D eigenvalue weighted by Gasteiger charge is -2.36. The molecule has 0 aliphatic carbocycles. The van der Waals surface area contributed by atoms with Crippen molar-refractivity contribution in [2.75, 3.05) is 26.2 Å². The Hall–Kier alpha value is -1.69. The zero-order chi connectivity index (χ0) is 17.7. The van der Waals surface area contributed by atoms with Crippen molar-refractivity contribution in [1.82, 2.24) is 10.2 Å². The van der Waals surface area contributed by atoms with Crippen molar-refractivity contribution in [2.24, 2.45) is 11.8 Å². The Morgan fingerprint density at radius 1 is 1.33 bits per heavy atom. The summed E-state index contributed by atoms with van der Waals surface area (Å²) in [4.78, 5) is 14.3. The number of likely N-dealkylation sites (tertiary alicyclic amines) is 1. The Kier molecular flexibility index (Phi) is 6.54. The van der Waals surface area contributed by atoms with Crippen LogP contribution < -0.4 is 10.1 Å². The molecular weight excluding hydrogens is 314 g/mol. The van der Waals surface area contributed by atoms with Crippen LogP contribution >= 0.6 is 0 Å². The average molecular weight is 340 g/mol. The minimum absolute atomic E-state index is 0.0170. The van der Waals surface area contributed by atoms with E-state index in [4.69, 9.17) is 4.74 Å². The second kappa shape index (κ2) is 8.42. The van der Waals surface area contributed by atoms with Crippen molar-refractivity contribution in [1.29, 1.82) is 0 Å². The summed E-state index contributed by atoms with van der Waals surface area (Å²) in [6.07, 6.45) is 1.24. The maximum atomic E-state index is 13.4. The molecule has 0 bridgehead atoms. The molecule has 4 nitrogen and oxygen atoms in total. The maximum Gasteiger partial charge on any atom is 0.258 e. The molecule has 1 aliphatic rings. The van der Waals surface area contributed by atoms with Crippen molar-refractivity contribution in [3.63, 3.8) is 0 Å². The first kappa shape index (κ1) is 18.6. The fourth-order valence-electron chi connectivity index (χ4n) is 3.43. The lowest BCUT2D eigenvalue weighted by Crippen LogP contribution is -2.47. The molecule has 1 N–H and O–H groups in total. The maximum absolute atomic E-state index is 13.4. The van der Waals surface area contributed by atoms with Gasteiger partial charge in [-0.15, -0.1) is 0 Å². The van der Waals surface area contributed by atoms with Crippen LogP contribution in [-0.4, -0.2) is 43.1 Å². The van der Waals surface area contributed by atoms with E-state index in [1.807, 2.05) is 6.92 Å². The van der Waals surface area contributed by atoms with E-state index >= 15 is 0 Å². The molecule has 3 atom stereocenters. The van der Waals surface area contributed by atoms with Gasteiger partial charge in [0.1, 0.15) is 5.82 Å². The van der Waals surface area contributed by atoms with Crippen LogP contribution in [0.4, 0.5) is 8.78 Å². The van der Waals surface area contributed by atoms with Crippen LogP contribution in [0.2, 0.25) is 0 Å². The van der Waals surface area contributed by atoms with Gasteiger partial charge in [-0.3, -0.25) is 4.79 Å². The first-order chi connectivity index (χ1) is 11.3. The number of benzene rings is 1.